The summed E-state index contributed by atoms with van der Waals surface area (Å²) in [6.07, 6.45) is 9.00. The van der Waals surface area contributed by atoms with Gasteiger partial charge in [0.25, 0.3) is 0 Å². The Labute approximate surface area is 157 Å². The van der Waals surface area contributed by atoms with Crippen molar-refractivity contribution in [2.45, 2.75) is 56.6 Å². The molecule has 1 aliphatic heterocycles. The maximum atomic E-state index is 14.7. The first-order valence-electron chi connectivity index (χ1n) is 10.0. The number of hydrogen-bond acceptors (Lipinski definition) is 3. The van der Waals surface area contributed by atoms with Crippen LogP contribution in [0.25, 0.3) is 11.3 Å². The quantitative estimate of drug-likeness (QED) is 0.897. The Morgan fingerprint density at radius 2 is 2.04 bits per heavy atom. The molecular formula is C22H23FN2O2. The number of imidazole rings is 1. The van der Waals surface area contributed by atoms with Crippen molar-refractivity contribution in [2.75, 3.05) is 0 Å². The lowest BCUT2D eigenvalue weighted by Crippen LogP contribution is -2.58. The van der Waals surface area contributed by atoms with Gasteiger partial charge in [0.05, 0.1) is 29.9 Å². The molecule has 4 saturated carbocycles. The Bertz CT molecular complexity index is 951. The minimum atomic E-state index is -0.654. The first-order valence-corrected chi connectivity index (χ1v) is 10.0. The summed E-state index contributed by atoms with van der Waals surface area (Å²) in [7, 11) is 0. The van der Waals surface area contributed by atoms with Crippen molar-refractivity contribution < 1.29 is 14.3 Å². The Balaban J connectivity index is 1.37. The molecule has 2 heterocycles. The van der Waals surface area contributed by atoms with Gasteiger partial charge < -0.3 is 9.67 Å². The van der Waals surface area contributed by atoms with E-state index in [0.717, 1.165) is 43.4 Å². The topological polar surface area (TPSA) is 55.1 Å². The molecule has 0 spiro atoms. The number of rotatable bonds is 3. The number of hydrogen-bond donors (Lipinski definition) is 1. The average molecular weight is 366 g/mol. The Morgan fingerprint density at radius 1 is 1.26 bits per heavy atom. The van der Waals surface area contributed by atoms with Gasteiger partial charge in [-0.15, -0.1) is 0 Å². The molecule has 1 N–H and O–H groups in total. The van der Waals surface area contributed by atoms with Crippen LogP contribution in [0.5, 0.6) is 0 Å². The molecule has 2 unspecified atom stereocenters. The summed E-state index contributed by atoms with van der Waals surface area (Å²) in [5, 5.41) is 11.0. The molecule has 140 valence electrons. The van der Waals surface area contributed by atoms with E-state index in [9.17, 15) is 14.3 Å². The maximum Gasteiger partial charge on any atom is 0.141 e. The van der Waals surface area contributed by atoms with Crippen molar-refractivity contribution in [3.05, 3.63) is 42.1 Å². The average Bonchev–Trinajstić information content (AvgIpc) is 3.16. The number of Topliss-reactive ketones (excluding diaryl/α,β-unsaturated/α-hetero) is 1. The molecule has 3 atom stereocenters. The number of halogens is 1. The molecule has 0 saturated heterocycles. The first kappa shape index (κ1) is 16.0. The summed E-state index contributed by atoms with van der Waals surface area (Å²) in [5.41, 5.74) is 1.28. The van der Waals surface area contributed by atoms with E-state index in [1.165, 1.54) is 6.07 Å². The monoisotopic (exact) mass is 366 g/mol. The zero-order chi connectivity index (χ0) is 18.4. The zero-order valence-corrected chi connectivity index (χ0v) is 15.2. The third-order valence-corrected chi connectivity index (χ3v) is 7.66. The van der Waals surface area contributed by atoms with Crippen LogP contribution in [0.4, 0.5) is 4.39 Å². The second-order valence-corrected chi connectivity index (χ2v) is 9.50. The van der Waals surface area contributed by atoms with Crippen LogP contribution in [0.1, 0.15) is 56.6 Å². The minimum Gasteiger partial charge on any atom is -0.390 e. The van der Waals surface area contributed by atoms with Gasteiger partial charge in [-0.05, 0) is 56.4 Å². The van der Waals surface area contributed by atoms with E-state index in [1.807, 2.05) is 10.6 Å². The molecule has 4 fully saturated rings. The van der Waals surface area contributed by atoms with Crippen LogP contribution >= 0.6 is 0 Å². The number of carbonyl (C=O) groups is 1. The molecule has 1 aromatic carbocycles. The summed E-state index contributed by atoms with van der Waals surface area (Å²) in [6.45, 7) is 0. The van der Waals surface area contributed by atoms with Crippen molar-refractivity contribution in [2.24, 2.45) is 17.3 Å². The molecule has 0 amide bonds. The molecule has 4 bridgehead atoms. The van der Waals surface area contributed by atoms with Crippen molar-refractivity contribution in [3.63, 3.8) is 0 Å². The molecule has 1 aromatic heterocycles. The summed E-state index contributed by atoms with van der Waals surface area (Å²) >= 11 is 0. The fraction of sp³-hybridized carbons (Fsp3) is 0.545. The van der Waals surface area contributed by atoms with Gasteiger partial charge in [0.2, 0.25) is 0 Å². The second-order valence-electron chi connectivity index (χ2n) is 9.50. The number of fused-ring (bicyclic) bond motifs is 3. The molecule has 27 heavy (non-hydrogen) atoms. The van der Waals surface area contributed by atoms with Gasteiger partial charge in [-0.2, -0.15) is 0 Å². The van der Waals surface area contributed by atoms with Crippen molar-refractivity contribution >= 4 is 5.78 Å². The van der Waals surface area contributed by atoms with Crippen LogP contribution in [-0.2, 0) is 4.79 Å². The Morgan fingerprint density at radius 3 is 2.78 bits per heavy atom. The number of aromatic nitrogens is 2. The van der Waals surface area contributed by atoms with Gasteiger partial charge >= 0.3 is 0 Å². The fourth-order valence-corrected chi connectivity index (χ4v) is 7.13. The van der Waals surface area contributed by atoms with Gasteiger partial charge in [-0.25, -0.2) is 9.37 Å². The summed E-state index contributed by atoms with van der Waals surface area (Å²) in [5.74, 6) is 0.891. The number of benzene rings is 1. The molecule has 5 heteroatoms. The van der Waals surface area contributed by atoms with Crippen LogP contribution in [0.3, 0.4) is 0 Å². The van der Waals surface area contributed by atoms with Gasteiger partial charge in [0.1, 0.15) is 11.6 Å². The molecule has 7 rings (SSSR count). The summed E-state index contributed by atoms with van der Waals surface area (Å²) in [4.78, 5) is 17.8. The summed E-state index contributed by atoms with van der Waals surface area (Å²) in [6, 6.07) is 4.77. The van der Waals surface area contributed by atoms with Crippen molar-refractivity contribution in [1.82, 2.24) is 9.55 Å². The standard InChI is InChI=1S/C22H23FN2O2/c23-16-3-1-2-15-18-10-24-12-25(18)17(20(15)16)5-19(26)21-6-13-4-14(7-21)9-22(27,8-13)11-21/h1-3,10,12-14,17,27H,4-9,11H2/t13?,14?,17-,21?,22?/m1/s1. The number of carbonyl (C=O) groups excluding carboxylic acids is 1. The third-order valence-electron chi connectivity index (χ3n) is 7.66. The highest BCUT2D eigenvalue weighted by molar-refractivity contribution is 5.87. The molecule has 2 aromatic rings. The largest absolute Gasteiger partial charge is 0.390 e. The van der Waals surface area contributed by atoms with Gasteiger partial charge in [-0.3, -0.25) is 4.79 Å². The number of nitrogens with zero attached hydrogens (tertiary/aromatic N) is 2. The number of aliphatic hydroxyl groups is 1. The fourth-order valence-electron chi connectivity index (χ4n) is 7.13. The van der Waals surface area contributed by atoms with E-state index in [0.29, 0.717) is 23.8 Å². The van der Waals surface area contributed by atoms with Crippen molar-refractivity contribution in [1.29, 1.82) is 0 Å². The van der Waals surface area contributed by atoms with Crippen LogP contribution in [-0.4, -0.2) is 26.0 Å². The van der Waals surface area contributed by atoms with Crippen molar-refractivity contribution in [3.8, 4) is 11.3 Å². The predicted octanol–water partition coefficient (Wildman–Crippen LogP) is 3.88. The highest BCUT2D eigenvalue weighted by Gasteiger charge is 2.60. The lowest BCUT2D eigenvalue weighted by molar-refractivity contribution is -0.176. The number of ketones is 1. The lowest BCUT2D eigenvalue weighted by Gasteiger charge is -2.59. The Hall–Kier alpha value is -2.01. The van der Waals surface area contributed by atoms with E-state index >= 15 is 0 Å². The van der Waals surface area contributed by atoms with E-state index < -0.39 is 11.0 Å². The van der Waals surface area contributed by atoms with Gasteiger partial charge in [-0.1, -0.05) is 12.1 Å². The van der Waals surface area contributed by atoms with Crippen LogP contribution in [0.2, 0.25) is 0 Å². The zero-order valence-electron chi connectivity index (χ0n) is 15.2. The van der Waals surface area contributed by atoms with E-state index in [-0.39, 0.29) is 24.1 Å². The molecule has 5 aliphatic rings. The second kappa shape index (κ2) is 5.07. The highest BCUT2D eigenvalue weighted by Crippen LogP contribution is 2.62. The van der Waals surface area contributed by atoms with E-state index in [1.54, 1.807) is 18.6 Å². The normalized spacial score (nSPS) is 38.1. The minimum absolute atomic E-state index is 0.204. The smallest absolute Gasteiger partial charge is 0.141 e. The molecule has 4 nitrogen and oxygen atoms in total. The maximum absolute atomic E-state index is 14.7. The van der Waals surface area contributed by atoms with E-state index in [4.69, 9.17) is 0 Å². The first-order chi connectivity index (χ1) is 13.0. The SMILES string of the molecule is O=C(C[C@@H]1c2c(F)cccc2-c2cncn21)C12CC3CC(CC(O)(C3)C1)C2. The van der Waals surface area contributed by atoms with E-state index in [2.05, 4.69) is 4.98 Å². The van der Waals surface area contributed by atoms with Gasteiger partial charge in [0, 0.05) is 23.0 Å². The van der Waals surface area contributed by atoms with Gasteiger partial charge in [0.15, 0.2) is 0 Å². The van der Waals surface area contributed by atoms with Crippen LogP contribution in [0.15, 0.2) is 30.7 Å². The predicted molar refractivity (Wildman–Crippen MR) is 97.4 cm³/mol. The molecular weight excluding hydrogens is 343 g/mol. The van der Waals surface area contributed by atoms with Crippen LogP contribution in [0, 0.1) is 23.1 Å². The van der Waals surface area contributed by atoms with Crippen LogP contribution < -0.4 is 0 Å². The third kappa shape index (κ3) is 2.12. The Kier molecular flexibility index (Phi) is 3.01. The molecule has 0 radical (unpaired) electrons. The lowest BCUT2D eigenvalue weighted by atomic mass is 9.46. The highest BCUT2D eigenvalue weighted by atomic mass is 19.1. The molecule has 4 aliphatic carbocycles. The summed E-state index contributed by atoms with van der Waals surface area (Å²) < 4.78 is 16.6.